The number of aryl methyl sites for hydroxylation is 2. The molecule has 0 bridgehead atoms. The van der Waals surface area contributed by atoms with E-state index in [0.29, 0.717) is 37.7 Å². The molecule has 0 unspecified atom stereocenters. The van der Waals surface area contributed by atoms with E-state index in [0.717, 1.165) is 61.9 Å². The molecule has 2 heterocycles. The van der Waals surface area contributed by atoms with Gasteiger partial charge in [0.15, 0.2) is 0 Å². The van der Waals surface area contributed by atoms with E-state index in [1.54, 1.807) is 11.9 Å². The van der Waals surface area contributed by atoms with Crippen molar-refractivity contribution in [2.45, 2.75) is 46.0 Å². The Hall–Kier alpha value is -2.86. The van der Waals surface area contributed by atoms with E-state index in [1.807, 2.05) is 61.2 Å². The van der Waals surface area contributed by atoms with Gasteiger partial charge in [0.2, 0.25) is 0 Å². The molecule has 0 saturated carbocycles. The Morgan fingerprint density at radius 3 is 2.34 bits per heavy atom. The first kappa shape index (κ1) is 25.2. The molecular formula is C29H38N2O4. The molecule has 0 aromatic heterocycles. The van der Waals surface area contributed by atoms with E-state index in [9.17, 15) is 9.59 Å². The van der Waals surface area contributed by atoms with Crippen LogP contribution in [-0.4, -0.2) is 68.1 Å². The molecule has 2 aliphatic heterocycles. The average molecular weight is 479 g/mol. The van der Waals surface area contributed by atoms with E-state index in [4.69, 9.17) is 9.47 Å². The molecule has 35 heavy (non-hydrogen) atoms. The molecule has 2 aromatic carbocycles. The standard InChI is InChI=1S/C29H38N2O4/c1-22-9-8-10-23(2)26(22)28(33)31-16-14-29(15-17-31)13-6-7-19-34-20-18-30(3)27(32)24-11-4-5-12-25(24)35-21-29/h4-5,8-12H,6-7,13-21H2,1-3H3. The number of amides is 2. The summed E-state index contributed by atoms with van der Waals surface area (Å²) in [5.41, 5.74) is 3.46. The van der Waals surface area contributed by atoms with Crippen molar-refractivity contribution in [2.75, 3.05) is 46.5 Å². The molecule has 4 rings (SSSR count). The Labute approximate surface area is 209 Å². The fourth-order valence-electron chi connectivity index (χ4n) is 5.28. The van der Waals surface area contributed by atoms with Crippen LogP contribution >= 0.6 is 0 Å². The number of likely N-dealkylation sites (N-methyl/N-ethyl adjacent to an activating group) is 1. The zero-order valence-corrected chi connectivity index (χ0v) is 21.3. The summed E-state index contributed by atoms with van der Waals surface area (Å²) in [5.74, 6) is 0.713. The topological polar surface area (TPSA) is 59.1 Å². The first-order valence-corrected chi connectivity index (χ1v) is 12.8. The average Bonchev–Trinajstić information content (AvgIpc) is 2.86. The summed E-state index contributed by atoms with van der Waals surface area (Å²) >= 11 is 0. The van der Waals surface area contributed by atoms with Crippen molar-refractivity contribution < 1.29 is 19.1 Å². The van der Waals surface area contributed by atoms with Gasteiger partial charge in [0.1, 0.15) is 5.75 Å². The lowest BCUT2D eigenvalue weighted by Crippen LogP contribution is -2.46. The number of para-hydroxylation sites is 1. The maximum Gasteiger partial charge on any atom is 0.257 e. The van der Waals surface area contributed by atoms with Crippen LogP contribution in [0.3, 0.4) is 0 Å². The Morgan fingerprint density at radius 1 is 0.886 bits per heavy atom. The van der Waals surface area contributed by atoms with Crippen molar-refractivity contribution in [1.29, 1.82) is 0 Å². The van der Waals surface area contributed by atoms with Gasteiger partial charge < -0.3 is 19.3 Å². The zero-order chi connectivity index (χ0) is 24.8. The second-order valence-electron chi connectivity index (χ2n) is 10.1. The van der Waals surface area contributed by atoms with Gasteiger partial charge in [0, 0.05) is 44.3 Å². The van der Waals surface area contributed by atoms with Crippen molar-refractivity contribution in [1.82, 2.24) is 9.80 Å². The highest BCUT2D eigenvalue weighted by molar-refractivity contribution is 5.97. The van der Waals surface area contributed by atoms with Crippen LogP contribution < -0.4 is 4.74 Å². The molecule has 2 amide bonds. The number of carbonyl (C=O) groups excluding carboxylic acids is 2. The summed E-state index contributed by atoms with van der Waals surface area (Å²) in [6, 6.07) is 13.5. The van der Waals surface area contributed by atoms with Crippen LogP contribution in [0, 0.1) is 19.3 Å². The molecule has 1 fully saturated rings. The van der Waals surface area contributed by atoms with Crippen LogP contribution in [0.5, 0.6) is 5.75 Å². The lowest BCUT2D eigenvalue weighted by Gasteiger charge is -2.42. The number of rotatable bonds is 1. The lowest BCUT2D eigenvalue weighted by atomic mass is 9.75. The van der Waals surface area contributed by atoms with Crippen LogP contribution in [-0.2, 0) is 4.74 Å². The predicted molar refractivity (Wildman–Crippen MR) is 137 cm³/mol. The molecule has 188 valence electrons. The number of benzene rings is 2. The zero-order valence-electron chi connectivity index (χ0n) is 21.3. The summed E-state index contributed by atoms with van der Waals surface area (Å²) in [6.07, 6.45) is 4.85. The minimum Gasteiger partial charge on any atom is -0.492 e. The van der Waals surface area contributed by atoms with Crippen LogP contribution in [0.25, 0.3) is 0 Å². The van der Waals surface area contributed by atoms with Crippen molar-refractivity contribution in [2.24, 2.45) is 5.41 Å². The van der Waals surface area contributed by atoms with Crippen LogP contribution in [0.4, 0.5) is 0 Å². The quantitative estimate of drug-likeness (QED) is 0.586. The van der Waals surface area contributed by atoms with Gasteiger partial charge in [-0.15, -0.1) is 0 Å². The van der Waals surface area contributed by atoms with Gasteiger partial charge in [0.05, 0.1) is 18.8 Å². The molecule has 6 nitrogen and oxygen atoms in total. The van der Waals surface area contributed by atoms with Crippen LogP contribution in [0.1, 0.15) is 63.9 Å². The van der Waals surface area contributed by atoms with Crippen molar-refractivity contribution >= 4 is 11.8 Å². The van der Waals surface area contributed by atoms with E-state index >= 15 is 0 Å². The number of carbonyl (C=O) groups is 2. The Balaban J connectivity index is 1.51. The summed E-state index contributed by atoms with van der Waals surface area (Å²) in [7, 11) is 1.80. The van der Waals surface area contributed by atoms with Crippen molar-refractivity contribution in [3.05, 3.63) is 64.7 Å². The summed E-state index contributed by atoms with van der Waals surface area (Å²) < 4.78 is 12.2. The van der Waals surface area contributed by atoms with Crippen molar-refractivity contribution in [3.63, 3.8) is 0 Å². The highest BCUT2D eigenvalue weighted by Crippen LogP contribution is 2.38. The van der Waals surface area contributed by atoms with Crippen LogP contribution in [0.15, 0.2) is 42.5 Å². The smallest absolute Gasteiger partial charge is 0.257 e. The van der Waals surface area contributed by atoms with Gasteiger partial charge in [-0.2, -0.15) is 0 Å². The van der Waals surface area contributed by atoms with Crippen molar-refractivity contribution in [3.8, 4) is 5.75 Å². The Morgan fingerprint density at radius 2 is 1.60 bits per heavy atom. The Kier molecular flexibility index (Phi) is 8.11. The number of piperidine rings is 1. The van der Waals surface area contributed by atoms with Gasteiger partial charge in [0.25, 0.3) is 11.8 Å². The molecule has 2 aromatic rings. The van der Waals surface area contributed by atoms with Gasteiger partial charge in [-0.1, -0.05) is 36.8 Å². The molecular weight excluding hydrogens is 440 g/mol. The first-order chi connectivity index (χ1) is 16.9. The summed E-state index contributed by atoms with van der Waals surface area (Å²) in [5, 5.41) is 0. The first-order valence-electron chi connectivity index (χ1n) is 12.8. The number of fused-ring (bicyclic) bond motifs is 1. The van der Waals surface area contributed by atoms with Crippen LogP contribution in [0.2, 0.25) is 0 Å². The lowest BCUT2D eigenvalue weighted by molar-refractivity contribution is 0.0328. The second kappa shape index (κ2) is 11.3. The number of hydrogen-bond acceptors (Lipinski definition) is 4. The minimum absolute atomic E-state index is 0.0241. The highest BCUT2D eigenvalue weighted by Gasteiger charge is 2.37. The highest BCUT2D eigenvalue weighted by atomic mass is 16.5. The summed E-state index contributed by atoms with van der Waals surface area (Å²) in [6.45, 7) is 7.80. The van der Waals surface area contributed by atoms with Gasteiger partial charge in [-0.3, -0.25) is 9.59 Å². The molecule has 6 heteroatoms. The second-order valence-corrected chi connectivity index (χ2v) is 10.1. The molecule has 0 N–H and O–H groups in total. The number of nitrogens with zero attached hydrogens (tertiary/aromatic N) is 2. The maximum absolute atomic E-state index is 13.4. The van der Waals surface area contributed by atoms with E-state index in [2.05, 4.69) is 0 Å². The molecule has 1 spiro atoms. The normalized spacial score (nSPS) is 19.6. The number of hydrogen-bond donors (Lipinski definition) is 0. The Bertz CT molecular complexity index is 1020. The van der Waals surface area contributed by atoms with Gasteiger partial charge >= 0.3 is 0 Å². The fourth-order valence-corrected chi connectivity index (χ4v) is 5.28. The minimum atomic E-state index is -0.0515. The third-order valence-corrected chi connectivity index (χ3v) is 7.62. The van der Waals surface area contributed by atoms with Gasteiger partial charge in [-0.05, 0) is 62.8 Å². The molecule has 2 aliphatic rings. The number of ether oxygens (including phenoxy) is 2. The largest absolute Gasteiger partial charge is 0.492 e. The SMILES string of the molecule is Cc1cccc(C)c1C(=O)N1CCC2(CCCCOCCN(C)C(=O)c3ccccc3OC2)CC1. The number of likely N-dealkylation sites (tertiary alicyclic amines) is 1. The third-order valence-electron chi connectivity index (χ3n) is 7.62. The molecule has 1 saturated heterocycles. The monoisotopic (exact) mass is 478 g/mol. The maximum atomic E-state index is 13.4. The van der Waals surface area contributed by atoms with E-state index in [1.165, 1.54) is 0 Å². The van der Waals surface area contributed by atoms with E-state index < -0.39 is 0 Å². The molecule has 0 aliphatic carbocycles. The van der Waals surface area contributed by atoms with E-state index in [-0.39, 0.29) is 17.2 Å². The van der Waals surface area contributed by atoms with Gasteiger partial charge in [-0.25, -0.2) is 0 Å². The predicted octanol–water partition coefficient (Wildman–Crippen LogP) is 4.88. The third kappa shape index (κ3) is 5.87. The molecule has 0 radical (unpaired) electrons. The fraction of sp³-hybridized carbons (Fsp3) is 0.517. The molecule has 0 atom stereocenters. The summed E-state index contributed by atoms with van der Waals surface area (Å²) in [4.78, 5) is 30.1.